The predicted molar refractivity (Wildman–Crippen MR) is 129 cm³/mol. The van der Waals surface area contributed by atoms with Crippen molar-refractivity contribution in [2.75, 3.05) is 0 Å². The highest BCUT2D eigenvalue weighted by atomic mass is 35.5. The number of aryl methyl sites for hydroxylation is 2. The maximum Gasteiger partial charge on any atom is 0.251 e. The minimum atomic E-state index is -0.521. The van der Waals surface area contributed by atoms with Gasteiger partial charge in [-0.05, 0) is 77.7 Å². The summed E-state index contributed by atoms with van der Waals surface area (Å²) in [5.74, 6) is -0.521. The van der Waals surface area contributed by atoms with Crippen LogP contribution in [0.1, 0.15) is 35.8 Å². The molecule has 0 bridgehead atoms. The van der Waals surface area contributed by atoms with Gasteiger partial charge in [-0.3, -0.25) is 9.79 Å². The first kappa shape index (κ1) is 21.5. The average Bonchev–Trinajstić information content (AvgIpc) is 3.59. The molecule has 3 aromatic heterocycles. The fourth-order valence-electron chi connectivity index (χ4n) is 4.87. The van der Waals surface area contributed by atoms with E-state index in [-0.39, 0.29) is 11.6 Å². The van der Waals surface area contributed by atoms with Gasteiger partial charge in [0.2, 0.25) is 5.95 Å². The van der Waals surface area contributed by atoms with Crippen LogP contribution in [0, 0.1) is 12.9 Å². The minimum Gasteiger partial charge on any atom is -0.305 e. The van der Waals surface area contributed by atoms with Gasteiger partial charge < -0.3 is 4.57 Å². The summed E-state index contributed by atoms with van der Waals surface area (Å²) >= 11 is 6.28. The number of nitrogens with zero attached hydrogens (tertiary/aromatic N) is 7. The zero-order chi connectivity index (χ0) is 24.1. The molecule has 2 aliphatic heterocycles. The third-order valence-electron chi connectivity index (χ3n) is 6.48. The topological polar surface area (TPSA) is 90.9 Å². The number of hydrogen-bond acceptors (Lipinski definition) is 6. The van der Waals surface area contributed by atoms with E-state index in [1.807, 2.05) is 16.7 Å². The molecule has 174 valence electrons. The highest BCUT2D eigenvalue weighted by Crippen LogP contribution is 2.37. The van der Waals surface area contributed by atoms with Gasteiger partial charge in [0.15, 0.2) is 0 Å². The van der Waals surface area contributed by atoms with Crippen LogP contribution in [-0.2, 0) is 6.42 Å². The van der Waals surface area contributed by atoms with Crippen LogP contribution in [-0.4, -0.2) is 35.5 Å². The molecule has 0 amide bonds. The van der Waals surface area contributed by atoms with E-state index < -0.39 is 5.95 Å². The Morgan fingerprint density at radius 2 is 2.00 bits per heavy atom. The Balaban J connectivity index is 1.33. The van der Waals surface area contributed by atoms with Crippen LogP contribution in [0.25, 0.3) is 16.8 Å². The lowest BCUT2D eigenvalue weighted by molar-refractivity contribution is 0.575. The Hall–Kier alpha value is -3.98. The summed E-state index contributed by atoms with van der Waals surface area (Å²) < 4.78 is 17.7. The molecule has 0 radical (unpaired) electrons. The molecule has 2 aliphatic rings. The Bertz CT molecular complexity index is 1590. The van der Waals surface area contributed by atoms with Gasteiger partial charge in [0, 0.05) is 40.7 Å². The normalized spacial score (nSPS) is 16.8. The number of benzene rings is 1. The number of hydrogen-bond donors (Lipinski definition) is 0. The largest absolute Gasteiger partial charge is 0.305 e. The number of tetrazole rings is 1. The predicted octanol–water partition coefficient (Wildman–Crippen LogP) is 4.25. The molecule has 0 fully saturated rings. The van der Waals surface area contributed by atoms with Crippen LogP contribution >= 0.6 is 11.6 Å². The third-order valence-corrected chi connectivity index (χ3v) is 6.72. The highest BCUT2D eigenvalue weighted by molar-refractivity contribution is 6.31. The van der Waals surface area contributed by atoms with E-state index >= 15 is 0 Å². The summed E-state index contributed by atoms with van der Waals surface area (Å²) in [6.45, 7) is 1.75. The molecule has 1 atom stereocenters. The zero-order valence-corrected chi connectivity index (χ0v) is 19.4. The van der Waals surface area contributed by atoms with Gasteiger partial charge in [-0.2, -0.15) is 9.07 Å². The van der Waals surface area contributed by atoms with Gasteiger partial charge >= 0.3 is 0 Å². The summed E-state index contributed by atoms with van der Waals surface area (Å²) in [6, 6.07) is 12.4. The zero-order valence-electron chi connectivity index (χ0n) is 18.7. The van der Waals surface area contributed by atoms with Crippen molar-refractivity contribution in [3.05, 3.63) is 98.8 Å². The first-order valence-electron chi connectivity index (χ1n) is 11.2. The molecule has 0 N–H and O–H groups in total. The Labute approximate surface area is 204 Å². The molecular formula is C25H19ClFN7O. The maximum absolute atomic E-state index is 14.4. The van der Waals surface area contributed by atoms with Crippen molar-refractivity contribution in [2.24, 2.45) is 4.99 Å². The molecule has 0 aliphatic carbocycles. The van der Waals surface area contributed by atoms with E-state index in [2.05, 4.69) is 25.5 Å². The molecule has 8 nitrogen and oxygen atoms in total. The number of aromatic nitrogens is 6. The van der Waals surface area contributed by atoms with E-state index in [0.29, 0.717) is 28.4 Å². The van der Waals surface area contributed by atoms with Crippen molar-refractivity contribution >= 4 is 17.3 Å². The maximum atomic E-state index is 14.4. The second-order valence-electron chi connectivity index (χ2n) is 8.66. The van der Waals surface area contributed by atoms with E-state index in [0.717, 1.165) is 40.9 Å². The Morgan fingerprint density at radius 3 is 2.80 bits per heavy atom. The Morgan fingerprint density at radius 1 is 1.11 bits per heavy atom. The fraction of sp³-hybridized carbons (Fsp3) is 0.200. The van der Waals surface area contributed by atoms with Gasteiger partial charge in [0.1, 0.15) is 6.33 Å². The minimum absolute atomic E-state index is 0.111. The van der Waals surface area contributed by atoms with Crippen molar-refractivity contribution in [1.29, 1.82) is 0 Å². The van der Waals surface area contributed by atoms with Gasteiger partial charge in [-0.15, -0.1) is 5.10 Å². The molecule has 35 heavy (non-hydrogen) atoms. The third kappa shape index (κ3) is 3.77. The highest BCUT2D eigenvalue weighted by Gasteiger charge is 2.30. The van der Waals surface area contributed by atoms with E-state index in [1.54, 1.807) is 48.1 Å². The first-order valence-corrected chi connectivity index (χ1v) is 11.5. The number of aliphatic imine (C=N–C) groups is 1. The molecule has 4 aromatic rings. The quantitative estimate of drug-likeness (QED) is 0.401. The van der Waals surface area contributed by atoms with E-state index in [9.17, 15) is 9.18 Å². The summed E-state index contributed by atoms with van der Waals surface area (Å²) in [7, 11) is 0. The summed E-state index contributed by atoms with van der Waals surface area (Å²) in [5, 5.41) is 12.0. The van der Waals surface area contributed by atoms with Crippen molar-refractivity contribution in [1.82, 2.24) is 29.8 Å². The van der Waals surface area contributed by atoms with Crippen molar-refractivity contribution < 1.29 is 4.39 Å². The smallest absolute Gasteiger partial charge is 0.251 e. The summed E-state index contributed by atoms with van der Waals surface area (Å²) in [6.07, 6.45) is 5.26. The fourth-order valence-corrected chi connectivity index (χ4v) is 5.04. The lowest BCUT2D eigenvalue weighted by Crippen LogP contribution is -2.24. The molecule has 6 rings (SSSR count). The Kier molecular flexibility index (Phi) is 5.14. The van der Waals surface area contributed by atoms with Gasteiger partial charge in [0.25, 0.3) is 5.56 Å². The molecular weight excluding hydrogens is 469 g/mol. The van der Waals surface area contributed by atoms with Gasteiger partial charge in [-0.1, -0.05) is 11.6 Å². The standard InChI is InChI=1S/C25H19ClFN7O/c1-14-2-5-19(25(27)30-14)21-9-16(12-28-21)22-7-4-18-8-15(10-24(35)34(18)22)20-11-17(26)3-6-23(20)33-13-29-31-32-33/h2-3,5-6,8,10-13,22H,4,7,9H2,1H3. The lowest BCUT2D eigenvalue weighted by atomic mass is 9.99. The average molecular weight is 488 g/mol. The summed E-state index contributed by atoms with van der Waals surface area (Å²) in [5.41, 5.74) is 5.70. The molecule has 0 saturated heterocycles. The number of fused-ring (bicyclic) bond motifs is 1. The monoisotopic (exact) mass is 487 g/mol. The molecule has 0 saturated carbocycles. The summed E-state index contributed by atoms with van der Waals surface area (Å²) in [4.78, 5) is 21.7. The van der Waals surface area contributed by atoms with Crippen LogP contribution in [0.2, 0.25) is 5.02 Å². The van der Waals surface area contributed by atoms with E-state index in [4.69, 9.17) is 11.6 Å². The SMILES string of the molecule is Cc1ccc(C2=NC=C(C3CCc4cc(-c5cc(Cl)ccc5-n5cnnn5)cc(=O)n43)C2)c(F)n1. The van der Waals surface area contributed by atoms with Gasteiger partial charge in [0.05, 0.1) is 23.0 Å². The second kappa shape index (κ2) is 8.35. The van der Waals surface area contributed by atoms with Crippen LogP contribution in [0.15, 0.2) is 70.4 Å². The number of rotatable bonds is 4. The van der Waals surface area contributed by atoms with Crippen LogP contribution in [0.3, 0.4) is 0 Å². The molecule has 10 heteroatoms. The van der Waals surface area contributed by atoms with Crippen molar-refractivity contribution in [3.8, 4) is 16.8 Å². The van der Waals surface area contributed by atoms with Crippen molar-refractivity contribution in [2.45, 2.75) is 32.2 Å². The second-order valence-corrected chi connectivity index (χ2v) is 9.10. The number of pyridine rings is 2. The molecule has 0 spiro atoms. The van der Waals surface area contributed by atoms with Crippen LogP contribution in [0.4, 0.5) is 4.39 Å². The lowest BCUT2D eigenvalue weighted by Gasteiger charge is -2.17. The van der Waals surface area contributed by atoms with Crippen molar-refractivity contribution in [3.63, 3.8) is 0 Å². The van der Waals surface area contributed by atoms with Crippen LogP contribution in [0.5, 0.6) is 0 Å². The number of allylic oxidation sites excluding steroid dienone is 1. The first-order chi connectivity index (χ1) is 17.0. The molecule has 1 unspecified atom stereocenters. The van der Waals surface area contributed by atoms with E-state index in [1.165, 1.54) is 6.33 Å². The van der Waals surface area contributed by atoms with Gasteiger partial charge in [-0.25, -0.2) is 4.98 Å². The molecule has 5 heterocycles. The molecule has 1 aromatic carbocycles. The number of halogens is 2. The van der Waals surface area contributed by atoms with Crippen LogP contribution < -0.4 is 5.56 Å².